The van der Waals surface area contributed by atoms with Crippen molar-refractivity contribution in [3.05, 3.63) is 23.8 Å². The molecule has 2 unspecified atom stereocenters. The van der Waals surface area contributed by atoms with E-state index in [1.165, 1.54) is 25.0 Å². The summed E-state index contributed by atoms with van der Waals surface area (Å²) < 4.78 is 5.41. The van der Waals surface area contributed by atoms with E-state index in [2.05, 4.69) is 35.3 Å². The molecule has 2 atom stereocenters. The van der Waals surface area contributed by atoms with Gasteiger partial charge in [0.25, 0.3) is 0 Å². The van der Waals surface area contributed by atoms with Gasteiger partial charge in [-0.25, -0.2) is 0 Å². The van der Waals surface area contributed by atoms with E-state index < -0.39 is 0 Å². The number of piperidine rings is 1. The van der Waals surface area contributed by atoms with Crippen molar-refractivity contribution < 1.29 is 4.74 Å². The molecule has 2 rings (SSSR count). The number of hydrogen-bond donors (Lipinski definition) is 0. The summed E-state index contributed by atoms with van der Waals surface area (Å²) in [7, 11) is 0. The number of rotatable bonds is 5. The minimum atomic E-state index is 0.581. The van der Waals surface area contributed by atoms with Gasteiger partial charge < -0.3 is 4.74 Å². The molecule has 0 N–H and O–H groups in total. The zero-order valence-electron chi connectivity index (χ0n) is 14.2. The summed E-state index contributed by atoms with van der Waals surface area (Å²) in [4.78, 5) is 5.14. The average molecular weight is 302 g/mol. The fraction of sp³-hybridized carbons (Fsp3) is 0.684. The highest BCUT2D eigenvalue weighted by Crippen LogP contribution is 2.28. The molecule has 0 aliphatic carbocycles. The smallest absolute Gasteiger partial charge is 0.0594 e. The molecule has 0 spiro atoms. The highest BCUT2D eigenvalue weighted by Gasteiger charge is 2.26. The van der Waals surface area contributed by atoms with Gasteiger partial charge in [0.1, 0.15) is 0 Å². The number of morpholine rings is 1. The fourth-order valence-electron chi connectivity index (χ4n) is 3.42. The van der Waals surface area contributed by atoms with Crippen LogP contribution in [0.3, 0.4) is 0 Å². The van der Waals surface area contributed by atoms with Crippen LogP contribution in [-0.2, 0) is 4.74 Å². The van der Waals surface area contributed by atoms with Crippen LogP contribution in [0, 0.1) is 18.3 Å². The van der Waals surface area contributed by atoms with Gasteiger partial charge in [-0.05, 0) is 50.8 Å². The molecule has 0 aromatic rings. The van der Waals surface area contributed by atoms with E-state index in [1.54, 1.807) is 0 Å². The molecule has 0 bridgehead atoms. The second kappa shape index (κ2) is 8.53. The monoisotopic (exact) mass is 302 g/mol. The van der Waals surface area contributed by atoms with Crippen LogP contribution >= 0.6 is 0 Å². The number of terminal acetylenes is 1. The number of allylic oxidation sites excluding steroid dienone is 3. The van der Waals surface area contributed by atoms with E-state index in [9.17, 15) is 0 Å². The zero-order chi connectivity index (χ0) is 15.9. The molecule has 2 saturated heterocycles. The van der Waals surface area contributed by atoms with E-state index in [-0.39, 0.29) is 0 Å². The van der Waals surface area contributed by atoms with Gasteiger partial charge in [0.2, 0.25) is 0 Å². The highest BCUT2D eigenvalue weighted by molar-refractivity contribution is 5.32. The number of likely N-dealkylation sites (tertiary alicyclic amines) is 1. The molecule has 0 amide bonds. The summed E-state index contributed by atoms with van der Waals surface area (Å²) in [5, 5.41) is 0. The van der Waals surface area contributed by atoms with Gasteiger partial charge in [-0.15, -0.1) is 6.42 Å². The van der Waals surface area contributed by atoms with Crippen LogP contribution in [0.1, 0.15) is 26.7 Å². The first kappa shape index (κ1) is 17.3. The first-order chi connectivity index (χ1) is 10.6. The van der Waals surface area contributed by atoms with Crippen LogP contribution in [0.5, 0.6) is 0 Å². The zero-order valence-corrected chi connectivity index (χ0v) is 14.2. The van der Waals surface area contributed by atoms with Crippen molar-refractivity contribution in [2.75, 3.05) is 45.9 Å². The second-order valence-electron chi connectivity index (χ2n) is 6.61. The van der Waals surface area contributed by atoms with E-state index in [0.717, 1.165) is 45.0 Å². The second-order valence-corrected chi connectivity index (χ2v) is 6.61. The fourth-order valence-corrected chi connectivity index (χ4v) is 3.42. The summed E-state index contributed by atoms with van der Waals surface area (Å²) >= 11 is 0. The van der Waals surface area contributed by atoms with Gasteiger partial charge in [0, 0.05) is 32.2 Å². The van der Waals surface area contributed by atoms with Crippen LogP contribution in [0.15, 0.2) is 23.8 Å². The lowest BCUT2D eigenvalue weighted by molar-refractivity contribution is 0.0278. The molecular formula is C19H30N2O. The molecule has 3 heteroatoms. The van der Waals surface area contributed by atoms with Gasteiger partial charge in [0.05, 0.1) is 13.2 Å². The quantitative estimate of drug-likeness (QED) is 0.573. The number of nitrogens with zero attached hydrogens (tertiary/aromatic N) is 2. The van der Waals surface area contributed by atoms with Crippen molar-refractivity contribution in [1.29, 1.82) is 0 Å². The summed E-state index contributed by atoms with van der Waals surface area (Å²) in [6, 6.07) is 0.621. The Morgan fingerprint density at radius 1 is 1.32 bits per heavy atom. The number of hydrogen-bond acceptors (Lipinski definition) is 3. The Bertz CT molecular complexity index is 443. The molecular weight excluding hydrogens is 272 g/mol. The molecule has 2 heterocycles. The van der Waals surface area contributed by atoms with Crippen LogP contribution in [-0.4, -0.2) is 61.8 Å². The molecule has 2 fully saturated rings. The van der Waals surface area contributed by atoms with Crippen molar-refractivity contribution in [2.45, 2.75) is 32.7 Å². The molecule has 0 saturated carbocycles. The Balaban J connectivity index is 1.77. The SMILES string of the molecule is C#C/C(C)=C\C(=C)C1CCN(CCN2CCOCC2)C(C)C1. The maximum atomic E-state index is 5.43. The predicted molar refractivity (Wildman–Crippen MR) is 92.7 cm³/mol. The summed E-state index contributed by atoms with van der Waals surface area (Å²) in [6.45, 7) is 16.0. The van der Waals surface area contributed by atoms with E-state index in [0.29, 0.717) is 12.0 Å². The van der Waals surface area contributed by atoms with E-state index >= 15 is 0 Å². The van der Waals surface area contributed by atoms with E-state index in [1.807, 2.05) is 6.92 Å². The van der Waals surface area contributed by atoms with Gasteiger partial charge in [-0.2, -0.15) is 0 Å². The molecule has 0 radical (unpaired) electrons. The molecule has 2 aliphatic rings. The lowest BCUT2D eigenvalue weighted by Gasteiger charge is -2.39. The molecule has 0 aromatic heterocycles. The first-order valence-corrected chi connectivity index (χ1v) is 8.48. The highest BCUT2D eigenvalue weighted by atomic mass is 16.5. The Kier molecular flexibility index (Phi) is 6.70. The Labute approximate surface area is 136 Å². The largest absolute Gasteiger partial charge is 0.379 e. The van der Waals surface area contributed by atoms with Gasteiger partial charge in [0.15, 0.2) is 0 Å². The third-order valence-electron chi connectivity index (χ3n) is 4.97. The van der Waals surface area contributed by atoms with Crippen molar-refractivity contribution in [3.63, 3.8) is 0 Å². The van der Waals surface area contributed by atoms with E-state index in [4.69, 9.17) is 11.2 Å². The van der Waals surface area contributed by atoms with Crippen molar-refractivity contribution in [2.24, 2.45) is 5.92 Å². The van der Waals surface area contributed by atoms with Crippen LogP contribution in [0.4, 0.5) is 0 Å². The van der Waals surface area contributed by atoms with Crippen LogP contribution in [0.25, 0.3) is 0 Å². The van der Waals surface area contributed by atoms with Crippen LogP contribution in [0.2, 0.25) is 0 Å². The predicted octanol–water partition coefficient (Wildman–Crippen LogP) is 2.55. The third-order valence-corrected chi connectivity index (χ3v) is 4.97. The van der Waals surface area contributed by atoms with Gasteiger partial charge in [-0.3, -0.25) is 9.80 Å². The lowest BCUT2D eigenvalue weighted by Crippen LogP contribution is -2.46. The Morgan fingerprint density at radius 3 is 2.68 bits per heavy atom. The van der Waals surface area contributed by atoms with Crippen molar-refractivity contribution in [1.82, 2.24) is 9.80 Å². The minimum absolute atomic E-state index is 0.581. The maximum Gasteiger partial charge on any atom is 0.0594 e. The summed E-state index contributed by atoms with van der Waals surface area (Å²) in [6.07, 6.45) is 9.90. The van der Waals surface area contributed by atoms with Gasteiger partial charge in [-0.1, -0.05) is 18.1 Å². The topological polar surface area (TPSA) is 15.7 Å². The average Bonchev–Trinajstić information content (AvgIpc) is 2.54. The van der Waals surface area contributed by atoms with Crippen molar-refractivity contribution >= 4 is 0 Å². The summed E-state index contributed by atoms with van der Waals surface area (Å²) in [5.74, 6) is 3.27. The maximum absolute atomic E-state index is 5.43. The molecule has 3 nitrogen and oxygen atoms in total. The van der Waals surface area contributed by atoms with Gasteiger partial charge >= 0.3 is 0 Å². The molecule has 2 aliphatic heterocycles. The lowest BCUT2D eigenvalue weighted by atomic mass is 9.85. The Hall–Kier alpha value is -1.08. The molecule has 22 heavy (non-hydrogen) atoms. The number of ether oxygens (including phenoxy) is 1. The van der Waals surface area contributed by atoms with Crippen LogP contribution < -0.4 is 0 Å². The molecule has 0 aromatic carbocycles. The normalized spacial score (nSPS) is 28.3. The molecule has 122 valence electrons. The minimum Gasteiger partial charge on any atom is -0.379 e. The summed E-state index contributed by atoms with van der Waals surface area (Å²) in [5.41, 5.74) is 2.18. The standard InChI is InChI=1S/C19H30N2O/c1-5-16(2)14-17(3)19-6-7-21(18(4)15-19)9-8-20-10-12-22-13-11-20/h1,14,18-19H,3,6-13,15H2,2,4H3/b16-14-. The third kappa shape index (κ3) is 4.98. The first-order valence-electron chi connectivity index (χ1n) is 8.48. The Morgan fingerprint density at radius 2 is 2.05 bits per heavy atom. The van der Waals surface area contributed by atoms with Crippen molar-refractivity contribution in [3.8, 4) is 12.3 Å².